The third-order valence-corrected chi connectivity index (χ3v) is 3.17. The normalized spacial score (nSPS) is 11.2. The summed E-state index contributed by atoms with van der Waals surface area (Å²) >= 11 is 0. The first-order valence-electron chi connectivity index (χ1n) is 3.85. The minimum Gasteiger partial charge on any atom is -0.384 e. The van der Waals surface area contributed by atoms with Crippen molar-refractivity contribution < 1.29 is 8.42 Å². The van der Waals surface area contributed by atoms with E-state index in [1.54, 1.807) is 0 Å². The Hall–Kier alpha value is -1.40. The van der Waals surface area contributed by atoms with Crippen LogP contribution < -0.4 is 10.5 Å². The Morgan fingerprint density at radius 3 is 2.21 bits per heavy atom. The van der Waals surface area contributed by atoms with E-state index in [-0.39, 0.29) is 10.7 Å². The lowest BCUT2D eigenvalue weighted by Gasteiger charge is -2.03. The van der Waals surface area contributed by atoms with Crippen LogP contribution in [-0.2, 0) is 10.0 Å². The van der Waals surface area contributed by atoms with Crippen LogP contribution in [0.5, 0.6) is 0 Å². The SMILES string of the molecule is CNS(=O)(=O)c1ccc(C(=N)N)cc1. The Morgan fingerprint density at radius 1 is 1.36 bits per heavy atom. The van der Waals surface area contributed by atoms with E-state index in [9.17, 15) is 8.42 Å². The van der Waals surface area contributed by atoms with Gasteiger partial charge in [0.25, 0.3) is 0 Å². The number of nitrogens with one attached hydrogen (secondary N) is 2. The highest BCUT2D eigenvalue weighted by Gasteiger charge is 2.10. The van der Waals surface area contributed by atoms with Gasteiger partial charge in [-0.2, -0.15) is 0 Å². The molecule has 1 aromatic carbocycles. The Balaban J connectivity index is 3.12. The number of hydrogen-bond acceptors (Lipinski definition) is 3. The third-order valence-electron chi connectivity index (χ3n) is 1.74. The van der Waals surface area contributed by atoms with Gasteiger partial charge < -0.3 is 5.73 Å². The van der Waals surface area contributed by atoms with Crippen LogP contribution in [0.2, 0.25) is 0 Å². The second-order valence-electron chi connectivity index (χ2n) is 2.65. The summed E-state index contributed by atoms with van der Waals surface area (Å²) < 4.78 is 24.8. The summed E-state index contributed by atoms with van der Waals surface area (Å²) in [7, 11) is -2.06. The molecule has 0 spiro atoms. The fourth-order valence-corrected chi connectivity index (χ4v) is 1.66. The van der Waals surface area contributed by atoms with Crippen molar-refractivity contribution in [3.63, 3.8) is 0 Å². The van der Waals surface area contributed by atoms with E-state index in [1.165, 1.54) is 31.3 Å². The molecule has 0 heterocycles. The van der Waals surface area contributed by atoms with Crippen molar-refractivity contribution in [3.05, 3.63) is 29.8 Å². The molecular weight excluding hydrogens is 202 g/mol. The second kappa shape index (κ2) is 3.77. The van der Waals surface area contributed by atoms with Gasteiger partial charge in [-0.15, -0.1) is 0 Å². The summed E-state index contributed by atoms with van der Waals surface area (Å²) in [6.45, 7) is 0. The molecule has 76 valence electrons. The van der Waals surface area contributed by atoms with Crippen LogP contribution in [0.1, 0.15) is 5.56 Å². The molecule has 0 bridgehead atoms. The van der Waals surface area contributed by atoms with Gasteiger partial charge in [0.1, 0.15) is 5.84 Å². The number of rotatable bonds is 3. The van der Waals surface area contributed by atoms with Crippen LogP contribution in [-0.4, -0.2) is 21.3 Å². The Morgan fingerprint density at radius 2 is 1.86 bits per heavy atom. The van der Waals surface area contributed by atoms with E-state index in [2.05, 4.69) is 4.72 Å². The van der Waals surface area contributed by atoms with Crippen LogP contribution in [0.15, 0.2) is 29.2 Å². The smallest absolute Gasteiger partial charge is 0.240 e. The van der Waals surface area contributed by atoms with Gasteiger partial charge in [-0.05, 0) is 31.3 Å². The minimum absolute atomic E-state index is 0.0848. The van der Waals surface area contributed by atoms with Gasteiger partial charge in [-0.25, -0.2) is 13.1 Å². The largest absolute Gasteiger partial charge is 0.384 e. The number of nitrogen functional groups attached to an aromatic ring is 1. The predicted octanol–water partition coefficient (Wildman–Crippen LogP) is -0.121. The maximum absolute atomic E-state index is 11.3. The van der Waals surface area contributed by atoms with Gasteiger partial charge in [0.15, 0.2) is 0 Å². The molecule has 6 heteroatoms. The standard InChI is InChI=1S/C8H11N3O2S/c1-11-14(12,13)7-4-2-6(3-5-7)8(9)10/h2-5,11H,1H3,(H3,9,10). The van der Waals surface area contributed by atoms with Crippen molar-refractivity contribution in [3.8, 4) is 0 Å². The minimum atomic E-state index is -3.40. The first kappa shape index (κ1) is 10.7. The molecule has 5 nitrogen and oxygen atoms in total. The quantitative estimate of drug-likeness (QED) is 0.482. The zero-order valence-corrected chi connectivity index (χ0v) is 8.43. The van der Waals surface area contributed by atoms with Gasteiger partial charge in [-0.1, -0.05) is 0 Å². The topological polar surface area (TPSA) is 96.0 Å². The fraction of sp³-hybridized carbons (Fsp3) is 0.125. The first-order valence-corrected chi connectivity index (χ1v) is 5.33. The number of sulfonamides is 1. The number of amidine groups is 1. The lowest BCUT2D eigenvalue weighted by atomic mass is 10.2. The van der Waals surface area contributed by atoms with Gasteiger partial charge in [-0.3, -0.25) is 5.41 Å². The van der Waals surface area contributed by atoms with Gasteiger partial charge in [0, 0.05) is 5.56 Å². The summed E-state index contributed by atoms with van der Waals surface area (Å²) in [6.07, 6.45) is 0. The molecule has 0 aliphatic heterocycles. The molecule has 1 rings (SSSR count). The molecule has 0 unspecified atom stereocenters. The zero-order valence-electron chi connectivity index (χ0n) is 7.61. The molecule has 0 saturated carbocycles. The fourth-order valence-electron chi connectivity index (χ4n) is 0.931. The van der Waals surface area contributed by atoms with Crippen molar-refractivity contribution in [2.75, 3.05) is 7.05 Å². The molecule has 0 aromatic heterocycles. The molecule has 0 radical (unpaired) electrons. The second-order valence-corrected chi connectivity index (χ2v) is 4.53. The molecule has 0 saturated heterocycles. The monoisotopic (exact) mass is 213 g/mol. The maximum Gasteiger partial charge on any atom is 0.240 e. The van der Waals surface area contributed by atoms with E-state index < -0.39 is 10.0 Å². The lowest BCUT2D eigenvalue weighted by molar-refractivity contribution is 0.588. The van der Waals surface area contributed by atoms with Gasteiger partial charge in [0.2, 0.25) is 10.0 Å². The Labute approximate surface area is 82.5 Å². The maximum atomic E-state index is 11.3. The van der Waals surface area contributed by atoms with Crippen LogP contribution in [0.4, 0.5) is 0 Å². The van der Waals surface area contributed by atoms with E-state index in [4.69, 9.17) is 11.1 Å². The van der Waals surface area contributed by atoms with Crippen LogP contribution >= 0.6 is 0 Å². The first-order chi connectivity index (χ1) is 6.47. The molecule has 4 N–H and O–H groups in total. The highest BCUT2D eigenvalue weighted by atomic mass is 32.2. The molecule has 0 fully saturated rings. The molecule has 14 heavy (non-hydrogen) atoms. The average Bonchev–Trinajstić information content (AvgIpc) is 2.18. The van der Waals surface area contributed by atoms with Crippen molar-refractivity contribution >= 4 is 15.9 Å². The van der Waals surface area contributed by atoms with E-state index in [0.717, 1.165) is 0 Å². The molecule has 0 amide bonds. The Kier molecular flexibility index (Phi) is 2.87. The summed E-state index contributed by atoms with van der Waals surface area (Å²) in [4.78, 5) is 0.157. The summed E-state index contributed by atoms with van der Waals surface area (Å²) in [5.74, 6) is -0.0848. The molecule has 0 aliphatic rings. The third kappa shape index (κ3) is 2.09. The Bertz CT molecular complexity index is 436. The van der Waals surface area contributed by atoms with E-state index in [1.807, 2.05) is 0 Å². The van der Waals surface area contributed by atoms with Crippen molar-refractivity contribution in [2.24, 2.45) is 5.73 Å². The van der Waals surface area contributed by atoms with Gasteiger partial charge >= 0.3 is 0 Å². The van der Waals surface area contributed by atoms with Crippen LogP contribution in [0.3, 0.4) is 0 Å². The number of benzene rings is 1. The molecule has 1 aromatic rings. The lowest BCUT2D eigenvalue weighted by Crippen LogP contribution is -2.19. The summed E-state index contributed by atoms with van der Waals surface area (Å²) in [6, 6.07) is 5.80. The summed E-state index contributed by atoms with van der Waals surface area (Å²) in [5, 5.41) is 7.12. The van der Waals surface area contributed by atoms with Crippen LogP contribution in [0, 0.1) is 5.41 Å². The molecular formula is C8H11N3O2S. The average molecular weight is 213 g/mol. The summed E-state index contributed by atoms with van der Waals surface area (Å²) in [5.41, 5.74) is 5.72. The van der Waals surface area contributed by atoms with Gasteiger partial charge in [0.05, 0.1) is 4.90 Å². The predicted molar refractivity (Wildman–Crippen MR) is 53.7 cm³/mol. The molecule has 0 aliphatic carbocycles. The highest BCUT2D eigenvalue weighted by Crippen LogP contribution is 2.09. The van der Waals surface area contributed by atoms with Crippen LogP contribution in [0.25, 0.3) is 0 Å². The van der Waals surface area contributed by atoms with Crippen molar-refractivity contribution in [1.82, 2.24) is 4.72 Å². The highest BCUT2D eigenvalue weighted by molar-refractivity contribution is 7.89. The number of hydrogen-bond donors (Lipinski definition) is 3. The van der Waals surface area contributed by atoms with E-state index in [0.29, 0.717) is 5.56 Å². The number of nitrogens with two attached hydrogens (primary N) is 1. The zero-order chi connectivity index (χ0) is 10.8. The van der Waals surface area contributed by atoms with Crippen molar-refractivity contribution in [2.45, 2.75) is 4.90 Å². The molecule has 0 atom stereocenters. The van der Waals surface area contributed by atoms with E-state index >= 15 is 0 Å². The van der Waals surface area contributed by atoms with Crippen molar-refractivity contribution in [1.29, 1.82) is 5.41 Å².